The summed E-state index contributed by atoms with van der Waals surface area (Å²) in [6, 6.07) is 2.64. The third-order valence-corrected chi connectivity index (χ3v) is 3.77. The molecule has 1 fully saturated rings. The summed E-state index contributed by atoms with van der Waals surface area (Å²) in [4.78, 5) is 35.4. The maximum absolute atomic E-state index is 11.9. The molecule has 0 aliphatic heterocycles. The number of ether oxygens (including phenoxy) is 1. The molecule has 23 heavy (non-hydrogen) atoms. The molecule has 3 amide bonds. The first-order chi connectivity index (χ1) is 11.0. The number of hydrogen-bond acceptors (Lipinski definition) is 5. The van der Waals surface area contributed by atoms with Gasteiger partial charge in [0.05, 0.1) is 0 Å². The lowest BCUT2D eigenvalue weighted by atomic mass is 9.96. The van der Waals surface area contributed by atoms with E-state index in [-0.39, 0.29) is 11.8 Å². The number of rotatable bonds is 4. The highest BCUT2D eigenvalue weighted by molar-refractivity contribution is 5.98. The monoisotopic (exact) mass is 322 g/mol. The van der Waals surface area contributed by atoms with Crippen molar-refractivity contribution in [3.63, 3.8) is 0 Å². The van der Waals surface area contributed by atoms with Gasteiger partial charge in [-0.25, -0.2) is 9.59 Å². The molecule has 1 unspecified atom stereocenters. The van der Waals surface area contributed by atoms with Crippen LogP contribution in [0.5, 0.6) is 0 Å². The van der Waals surface area contributed by atoms with Crippen molar-refractivity contribution < 1.29 is 23.5 Å². The summed E-state index contributed by atoms with van der Waals surface area (Å²) in [5.74, 6) is -0.821. The van der Waals surface area contributed by atoms with E-state index in [1.54, 1.807) is 13.0 Å². The Bertz CT molecular complexity index is 575. The van der Waals surface area contributed by atoms with Crippen LogP contribution in [0.1, 0.15) is 55.3 Å². The Balaban J connectivity index is 1.77. The lowest BCUT2D eigenvalue weighted by Crippen LogP contribution is -2.48. The fraction of sp³-hybridized carbons (Fsp3) is 0.562. The van der Waals surface area contributed by atoms with Crippen molar-refractivity contribution >= 4 is 17.9 Å². The van der Waals surface area contributed by atoms with Crippen molar-refractivity contribution in [1.82, 2.24) is 10.6 Å². The minimum absolute atomic E-state index is 0.0220. The number of urea groups is 1. The summed E-state index contributed by atoms with van der Waals surface area (Å²) in [5, 5.41) is 4.96. The Morgan fingerprint density at radius 1 is 1.22 bits per heavy atom. The smallest absolute Gasteiger partial charge is 0.375 e. The summed E-state index contributed by atoms with van der Waals surface area (Å²) < 4.78 is 10.1. The number of carbonyl (C=O) groups excluding carboxylic acids is 3. The van der Waals surface area contributed by atoms with Gasteiger partial charge in [-0.1, -0.05) is 19.3 Å². The number of nitrogens with one attached hydrogen (secondary N) is 2. The fourth-order valence-electron chi connectivity index (χ4n) is 2.50. The first kappa shape index (κ1) is 17.1. The molecule has 1 aromatic heterocycles. The number of hydrogen-bond donors (Lipinski definition) is 2. The predicted octanol–water partition coefficient (Wildman–Crippen LogP) is 2.29. The summed E-state index contributed by atoms with van der Waals surface area (Å²) in [6.07, 6.45) is 4.08. The van der Waals surface area contributed by atoms with Crippen LogP contribution in [0.2, 0.25) is 0 Å². The summed E-state index contributed by atoms with van der Waals surface area (Å²) in [7, 11) is 0. The summed E-state index contributed by atoms with van der Waals surface area (Å²) in [5.41, 5.74) is 0. The minimum atomic E-state index is -1.09. The van der Waals surface area contributed by atoms with E-state index in [1.807, 2.05) is 0 Å². The Morgan fingerprint density at radius 2 is 1.91 bits per heavy atom. The zero-order valence-corrected chi connectivity index (χ0v) is 13.4. The molecule has 2 N–H and O–H groups in total. The Labute approximate surface area is 134 Å². The molecule has 0 radical (unpaired) electrons. The van der Waals surface area contributed by atoms with E-state index in [9.17, 15) is 14.4 Å². The van der Waals surface area contributed by atoms with Crippen LogP contribution in [0.4, 0.5) is 4.79 Å². The molecule has 1 saturated carbocycles. The van der Waals surface area contributed by atoms with E-state index in [2.05, 4.69) is 10.6 Å². The highest BCUT2D eigenvalue weighted by Crippen LogP contribution is 2.17. The topological polar surface area (TPSA) is 97.6 Å². The molecule has 1 aliphatic carbocycles. The Hall–Kier alpha value is -2.31. The predicted molar refractivity (Wildman–Crippen MR) is 81.9 cm³/mol. The molecule has 0 spiro atoms. The van der Waals surface area contributed by atoms with Crippen LogP contribution in [-0.4, -0.2) is 30.1 Å². The molecule has 1 aromatic rings. The van der Waals surface area contributed by atoms with E-state index in [0.717, 1.165) is 25.7 Å². The first-order valence-corrected chi connectivity index (χ1v) is 7.84. The van der Waals surface area contributed by atoms with Gasteiger partial charge in [-0.15, -0.1) is 0 Å². The van der Waals surface area contributed by atoms with Crippen molar-refractivity contribution in [3.8, 4) is 0 Å². The zero-order valence-electron chi connectivity index (χ0n) is 13.4. The van der Waals surface area contributed by atoms with Gasteiger partial charge in [0.2, 0.25) is 5.76 Å². The second kappa shape index (κ2) is 7.80. The van der Waals surface area contributed by atoms with Crippen LogP contribution in [0.3, 0.4) is 0 Å². The van der Waals surface area contributed by atoms with Crippen LogP contribution >= 0.6 is 0 Å². The van der Waals surface area contributed by atoms with Gasteiger partial charge in [0.15, 0.2) is 6.10 Å². The van der Waals surface area contributed by atoms with E-state index >= 15 is 0 Å². The lowest BCUT2D eigenvalue weighted by molar-refractivity contribution is -0.128. The molecule has 0 aromatic carbocycles. The van der Waals surface area contributed by atoms with Gasteiger partial charge in [0.1, 0.15) is 5.76 Å². The van der Waals surface area contributed by atoms with Gasteiger partial charge in [-0.3, -0.25) is 10.1 Å². The molecule has 1 aliphatic rings. The highest BCUT2D eigenvalue weighted by Gasteiger charge is 2.23. The van der Waals surface area contributed by atoms with Crippen LogP contribution in [0.15, 0.2) is 16.5 Å². The SMILES string of the molecule is Cc1ccc(C(=O)OC(C)C(=O)NC(=O)NC2CCCCC2)o1. The molecule has 1 heterocycles. The number of esters is 1. The normalized spacial score (nSPS) is 16.4. The maximum atomic E-state index is 11.9. The standard InChI is InChI=1S/C16H22N2O5/c1-10-8-9-13(22-10)15(20)23-11(2)14(19)18-16(21)17-12-6-4-3-5-7-12/h8-9,11-12H,3-7H2,1-2H3,(H2,17,18,19,21). The third kappa shape index (κ3) is 5.12. The average molecular weight is 322 g/mol. The van der Waals surface area contributed by atoms with Crippen molar-refractivity contribution in [1.29, 1.82) is 0 Å². The van der Waals surface area contributed by atoms with Crippen LogP contribution < -0.4 is 10.6 Å². The lowest BCUT2D eigenvalue weighted by Gasteiger charge is -2.23. The van der Waals surface area contributed by atoms with E-state index in [4.69, 9.17) is 9.15 Å². The van der Waals surface area contributed by atoms with Crippen molar-refractivity contribution in [2.75, 3.05) is 0 Å². The second-order valence-corrected chi connectivity index (χ2v) is 5.76. The summed E-state index contributed by atoms with van der Waals surface area (Å²) >= 11 is 0. The quantitative estimate of drug-likeness (QED) is 0.829. The average Bonchev–Trinajstić information content (AvgIpc) is 2.94. The Kier molecular flexibility index (Phi) is 5.78. The number of amides is 3. The molecule has 2 rings (SSSR count). The third-order valence-electron chi connectivity index (χ3n) is 3.77. The highest BCUT2D eigenvalue weighted by atomic mass is 16.6. The van der Waals surface area contributed by atoms with Crippen molar-refractivity contribution in [2.45, 2.75) is 58.1 Å². The van der Waals surface area contributed by atoms with Crippen molar-refractivity contribution in [3.05, 3.63) is 23.7 Å². The number of aryl methyl sites for hydroxylation is 1. The molecule has 7 nitrogen and oxygen atoms in total. The number of furan rings is 1. The van der Waals surface area contributed by atoms with Crippen LogP contribution in [0, 0.1) is 6.92 Å². The van der Waals surface area contributed by atoms with Gasteiger partial charge in [-0.2, -0.15) is 0 Å². The zero-order chi connectivity index (χ0) is 16.8. The minimum Gasteiger partial charge on any atom is -0.454 e. The second-order valence-electron chi connectivity index (χ2n) is 5.76. The molecule has 7 heteroatoms. The fourth-order valence-corrected chi connectivity index (χ4v) is 2.50. The van der Waals surface area contributed by atoms with Crippen molar-refractivity contribution in [2.24, 2.45) is 0 Å². The van der Waals surface area contributed by atoms with Gasteiger partial charge in [0.25, 0.3) is 5.91 Å². The Morgan fingerprint density at radius 3 is 2.52 bits per heavy atom. The molecule has 0 bridgehead atoms. The molecule has 1 atom stereocenters. The maximum Gasteiger partial charge on any atom is 0.375 e. The van der Waals surface area contributed by atoms with E-state index in [1.165, 1.54) is 19.4 Å². The number of imide groups is 1. The van der Waals surface area contributed by atoms with E-state index < -0.39 is 24.0 Å². The number of carbonyl (C=O) groups is 3. The van der Waals surface area contributed by atoms with Gasteiger partial charge >= 0.3 is 12.0 Å². The largest absolute Gasteiger partial charge is 0.454 e. The molecule has 0 saturated heterocycles. The molecular formula is C16H22N2O5. The molecule has 126 valence electrons. The molecular weight excluding hydrogens is 300 g/mol. The summed E-state index contributed by atoms with van der Waals surface area (Å²) in [6.45, 7) is 3.10. The van der Waals surface area contributed by atoms with Crippen LogP contribution in [-0.2, 0) is 9.53 Å². The van der Waals surface area contributed by atoms with Gasteiger partial charge in [0, 0.05) is 6.04 Å². The van der Waals surface area contributed by atoms with Gasteiger partial charge in [-0.05, 0) is 38.8 Å². The van der Waals surface area contributed by atoms with Gasteiger partial charge < -0.3 is 14.5 Å². The van der Waals surface area contributed by atoms with Crippen LogP contribution in [0.25, 0.3) is 0 Å². The van der Waals surface area contributed by atoms with E-state index in [0.29, 0.717) is 5.76 Å². The first-order valence-electron chi connectivity index (χ1n) is 7.84.